The van der Waals surface area contributed by atoms with Crippen molar-refractivity contribution in [3.05, 3.63) is 38.7 Å². The fourth-order valence-corrected chi connectivity index (χ4v) is 1.31. The van der Waals surface area contributed by atoms with E-state index in [-0.39, 0.29) is 10.6 Å². The van der Waals surface area contributed by atoms with E-state index in [9.17, 15) is 19.3 Å². The molecule has 0 atom stereocenters. The first-order chi connectivity index (χ1) is 7.34. The quantitative estimate of drug-likeness (QED) is 0.593. The van der Waals surface area contributed by atoms with Crippen molar-refractivity contribution in [2.24, 2.45) is 0 Å². The van der Waals surface area contributed by atoms with E-state index in [2.05, 4.69) is 0 Å². The normalized spacial score (nSPS) is 10.0. The summed E-state index contributed by atoms with van der Waals surface area (Å²) in [7, 11) is 2.93. The van der Waals surface area contributed by atoms with Crippen LogP contribution >= 0.6 is 11.6 Å². The molecule has 0 spiro atoms. The van der Waals surface area contributed by atoms with Crippen molar-refractivity contribution in [2.75, 3.05) is 14.1 Å². The van der Waals surface area contributed by atoms with Gasteiger partial charge in [0.15, 0.2) is 0 Å². The molecular weight excluding hydrogens is 239 g/mol. The molecule has 86 valence electrons. The molecule has 1 aromatic carbocycles. The first-order valence-electron chi connectivity index (χ1n) is 4.19. The molecule has 0 bridgehead atoms. The Labute approximate surface area is 95.6 Å². The van der Waals surface area contributed by atoms with Gasteiger partial charge in [0.25, 0.3) is 5.91 Å². The third-order valence-electron chi connectivity index (χ3n) is 1.87. The van der Waals surface area contributed by atoms with Gasteiger partial charge in [-0.15, -0.1) is 0 Å². The number of hydrogen-bond donors (Lipinski definition) is 0. The summed E-state index contributed by atoms with van der Waals surface area (Å²) in [6.45, 7) is 0. The molecule has 0 radical (unpaired) electrons. The van der Waals surface area contributed by atoms with Gasteiger partial charge in [0.05, 0.1) is 15.5 Å². The lowest BCUT2D eigenvalue weighted by Gasteiger charge is -2.11. The average molecular weight is 247 g/mol. The van der Waals surface area contributed by atoms with Crippen molar-refractivity contribution < 1.29 is 14.1 Å². The predicted molar refractivity (Wildman–Crippen MR) is 56.1 cm³/mol. The largest absolute Gasteiger partial charge is 0.345 e. The fourth-order valence-electron chi connectivity index (χ4n) is 1.08. The van der Waals surface area contributed by atoms with Gasteiger partial charge in [-0.05, 0) is 0 Å². The summed E-state index contributed by atoms with van der Waals surface area (Å²) in [6, 6.07) is 1.59. The number of nitro groups is 1. The lowest BCUT2D eigenvalue weighted by atomic mass is 10.1. The minimum absolute atomic E-state index is 0.0974. The van der Waals surface area contributed by atoms with Gasteiger partial charge >= 0.3 is 5.69 Å². The van der Waals surface area contributed by atoms with Gasteiger partial charge in [-0.25, -0.2) is 0 Å². The third-order valence-corrected chi connectivity index (χ3v) is 2.18. The number of carbonyl (C=O) groups excluding carboxylic acids is 1. The van der Waals surface area contributed by atoms with Crippen LogP contribution in [0.4, 0.5) is 10.1 Å². The summed E-state index contributed by atoms with van der Waals surface area (Å²) < 4.78 is 13.1. The predicted octanol–water partition coefficient (Wildman–Crippen LogP) is 2.09. The molecule has 1 aromatic rings. The number of rotatable bonds is 2. The number of carbonyl (C=O) groups is 1. The van der Waals surface area contributed by atoms with E-state index in [1.807, 2.05) is 0 Å². The summed E-state index contributed by atoms with van der Waals surface area (Å²) in [5, 5.41) is 10.3. The monoisotopic (exact) mass is 246 g/mol. The Morgan fingerprint density at radius 3 is 2.50 bits per heavy atom. The van der Waals surface area contributed by atoms with Crippen molar-refractivity contribution in [3.63, 3.8) is 0 Å². The topological polar surface area (TPSA) is 63.5 Å². The Morgan fingerprint density at radius 2 is 2.06 bits per heavy atom. The highest BCUT2D eigenvalue weighted by Gasteiger charge is 2.21. The van der Waals surface area contributed by atoms with Crippen LogP contribution in [-0.4, -0.2) is 29.8 Å². The van der Waals surface area contributed by atoms with Crippen molar-refractivity contribution in [1.82, 2.24) is 4.90 Å². The van der Waals surface area contributed by atoms with Crippen molar-refractivity contribution in [2.45, 2.75) is 0 Å². The van der Waals surface area contributed by atoms with Gasteiger partial charge in [0.1, 0.15) is 0 Å². The molecule has 0 aromatic heterocycles. The van der Waals surface area contributed by atoms with E-state index in [4.69, 9.17) is 11.6 Å². The Bertz CT molecular complexity index is 462. The van der Waals surface area contributed by atoms with Crippen LogP contribution in [0, 0.1) is 15.9 Å². The van der Waals surface area contributed by atoms with Crippen molar-refractivity contribution >= 4 is 23.2 Å². The van der Waals surface area contributed by atoms with E-state index >= 15 is 0 Å². The first kappa shape index (κ1) is 12.4. The zero-order valence-corrected chi connectivity index (χ0v) is 9.29. The van der Waals surface area contributed by atoms with Gasteiger partial charge in [-0.2, -0.15) is 4.39 Å². The lowest BCUT2D eigenvalue weighted by Crippen LogP contribution is -2.22. The highest BCUT2D eigenvalue weighted by molar-refractivity contribution is 6.33. The molecule has 1 rings (SSSR count). The van der Waals surface area contributed by atoms with Gasteiger partial charge in [0.2, 0.25) is 5.82 Å². The molecule has 0 saturated heterocycles. The van der Waals surface area contributed by atoms with Crippen LogP contribution in [0.15, 0.2) is 12.1 Å². The van der Waals surface area contributed by atoms with Crippen molar-refractivity contribution in [3.8, 4) is 0 Å². The van der Waals surface area contributed by atoms with E-state index in [0.29, 0.717) is 0 Å². The Kier molecular flexibility index (Phi) is 3.44. The second kappa shape index (κ2) is 4.44. The maximum Gasteiger partial charge on any atom is 0.305 e. The summed E-state index contributed by atoms with van der Waals surface area (Å²) in [5.74, 6) is -1.58. The van der Waals surface area contributed by atoms with Crippen LogP contribution in [-0.2, 0) is 0 Å². The highest BCUT2D eigenvalue weighted by atomic mass is 35.5. The molecular formula is C9H8ClFN2O3. The molecule has 0 N–H and O–H groups in total. The maximum atomic E-state index is 13.1. The van der Waals surface area contributed by atoms with E-state index in [0.717, 1.165) is 12.1 Å². The molecule has 16 heavy (non-hydrogen) atoms. The van der Waals surface area contributed by atoms with E-state index in [1.165, 1.54) is 19.0 Å². The van der Waals surface area contributed by atoms with Gasteiger partial charge in [-0.1, -0.05) is 11.6 Å². The summed E-state index contributed by atoms with van der Waals surface area (Å²) in [6.07, 6.45) is 0. The average Bonchev–Trinajstić information content (AvgIpc) is 2.16. The molecule has 0 fully saturated rings. The number of nitro benzene ring substituents is 1. The molecule has 0 aliphatic rings. The molecule has 0 heterocycles. The molecule has 1 amide bonds. The Balaban J connectivity index is 3.36. The Hall–Kier alpha value is -1.69. The van der Waals surface area contributed by atoms with Crippen LogP contribution in [0.1, 0.15) is 10.4 Å². The third kappa shape index (κ3) is 2.27. The number of hydrogen-bond acceptors (Lipinski definition) is 3. The second-order valence-electron chi connectivity index (χ2n) is 3.24. The summed E-state index contributed by atoms with van der Waals surface area (Å²) >= 11 is 5.64. The highest BCUT2D eigenvalue weighted by Crippen LogP contribution is 2.26. The molecule has 0 aliphatic heterocycles. The number of amides is 1. The molecule has 0 aliphatic carbocycles. The zero-order valence-electron chi connectivity index (χ0n) is 8.53. The number of halogens is 2. The smallest absolute Gasteiger partial charge is 0.305 e. The Morgan fingerprint density at radius 1 is 1.50 bits per heavy atom. The standard InChI is InChI=1S/C9H8ClFN2O3/c1-12(2)9(14)5-3-8(13(15)16)7(11)4-6(5)10/h3-4H,1-2H3. The van der Waals surface area contributed by atoms with E-state index < -0.39 is 22.3 Å². The number of benzene rings is 1. The summed E-state index contributed by atoms with van der Waals surface area (Å²) in [4.78, 5) is 22.3. The minimum Gasteiger partial charge on any atom is -0.345 e. The van der Waals surface area contributed by atoms with Gasteiger partial charge in [0, 0.05) is 26.2 Å². The van der Waals surface area contributed by atoms with Crippen LogP contribution < -0.4 is 0 Å². The molecule has 0 unspecified atom stereocenters. The molecule has 5 nitrogen and oxygen atoms in total. The zero-order chi connectivity index (χ0) is 12.5. The van der Waals surface area contributed by atoms with Gasteiger partial charge < -0.3 is 4.90 Å². The van der Waals surface area contributed by atoms with Crippen LogP contribution in [0.3, 0.4) is 0 Å². The van der Waals surface area contributed by atoms with Crippen LogP contribution in [0.25, 0.3) is 0 Å². The first-order valence-corrected chi connectivity index (χ1v) is 4.57. The fraction of sp³-hybridized carbons (Fsp3) is 0.222. The number of nitrogens with zero attached hydrogens (tertiary/aromatic N) is 2. The van der Waals surface area contributed by atoms with Crippen molar-refractivity contribution in [1.29, 1.82) is 0 Å². The second-order valence-corrected chi connectivity index (χ2v) is 3.65. The SMILES string of the molecule is CN(C)C(=O)c1cc([N+](=O)[O-])c(F)cc1Cl. The van der Waals surface area contributed by atoms with E-state index in [1.54, 1.807) is 0 Å². The van der Waals surface area contributed by atoms with Crippen LogP contribution in [0.2, 0.25) is 5.02 Å². The van der Waals surface area contributed by atoms with Crippen LogP contribution in [0.5, 0.6) is 0 Å². The van der Waals surface area contributed by atoms with Gasteiger partial charge in [-0.3, -0.25) is 14.9 Å². The molecule has 7 heteroatoms. The lowest BCUT2D eigenvalue weighted by molar-refractivity contribution is -0.387. The molecule has 0 saturated carbocycles. The summed E-state index contributed by atoms with van der Waals surface area (Å²) in [5.41, 5.74) is -0.866. The maximum absolute atomic E-state index is 13.1. The minimum atomic E-state index is -1.06.